The number of hydrogen-bond acceptors (Lipinski definition) is 5. The molecule has 2 aromatic heterocycles. The van der Waals surface area contributed by atoms with E-state index in [9.17, 15) is 8.42 Å². The molecule has 3 fully saturated rings. The van der Waals surface area contributed by atoms with Crippen LogP contribution in [0.3, 0.4) is 0 Å². The smallest absolute Gasteiger partial charge is 0.304 e. The quantitative estimate of drug-likeness (QED) is 0.432. The van der Waals surface area contributed by atoms with E-state index in [2.05, 4.69) is 50.5 Å². The van der Waals surface area contributed by atoms with E-state index in [0.717, 1.165) is 46.1 Å². The Labute approximate surface area is 216 Å². The number of benzene rings is 2. The van der Waals surface area contributed by atoms with Gasteiger partial charge in [-0.3, -0.25) is 10.2 Å². The number of rotatable bonds is 3. The highest BCUT2D eigenvalue weighted by molar-refractivity contribution is 7.90. The number of anilines is 1. The lowest BCUT2D eigenvalue weighted by Gasteiger charge is -2.50. The topological polar surface area (TPSA) is 101 Å². The third kappa shape index (κ3) is 3.06. The number of piperazine rings is 1. The van der Waals surface area contributed by atoms with Crippen molar-refractivity contribution in [2.45, 2.75) is 31.2 Å². The first kappa shape index (κ1) is 22.1. The molecular weight excluding hydrogens is 486 g/mol. The molecule has 2 aliphatic carbocycles. The van der Waals surface area contributed by atoms with E-state index in [1.165, 1.54) is 24.8 Å². The van der Waals surface area contributed by atoms with Crippen LogP contribution in [0.1, 0.15) is 42.3 Å². The highest BCUT2D eigenvalue weighted by Gasteiger charge is 2.58. The van der Waals surface area contributed by atoms with Gasteiger partial charge in [0.1, 0.15) is 0 Å². The SMILES string of the molecule is CN1CCN(S(=O)(=O)N2c3ccc4[nH]ncc4c3[C@H]3C4CCC(C4)[C@H]3[C@@H]2c2ccc3[nH]ncc3c2)CC1. The molecule has 2 saturated carbocycles. The fraction of sp³-hybridized carbons (Fsp3) is 0.481. The van der Waals surface area contributed by atoms with Gasteiger partial charge in [-0.1, -0.05) is 6.07 Å². The summed E-state index contributed by atoms with van der Waals surface area (Å²) < 4.78 is 32.8. The maximum absolute atomic E-state index is 14.7. The minimum Gasteiger partial charge on any atom is -0.304 e. The van der Waals surface area contributed by atoms with E-state index < -0.39 is 10.2 Å². The molecular formula is C27H31N7O2S. The van der Waals surface area contributed by atoms with Crippen LogP contribution in [0.2, 0.25) is 0 Å². The summed E-state index contributed by atoms with van der Waals surface area (Å²) in [6.45, 7) is 2.49. The summed E-state index contributed by atoms with van der Waals surface area (Å²) in [5.74, 6) is 1.67. The summed E-state index contributed by atoms with van der Waals surface area (Å²) in [5, 5.41) is 16.9. The molecule has 192 valence electrons. The summed E-state index contributed by atoms with van der Waals surface area (Å²) >= 11 is 0. The van der Waals surface area contributed by atoms with Crippen molar-refractivity contribution in [1.82, 2.24) is 29.6 Å². The van der Waals surface area contributed by atoms with Gasteiger partial charge in [0.2, 0.25) is 0 Å². The summed E-state index contributed by atoms with van der Waals surface area (Å²) in [6, 6.07) is 10.1. The van der Waals surface area contributed by atoms with E-state index in [0.29, 0.717) is 30.8 Å². The number of H-pyrrole nitrogens is 2. The van der Waals surface area contributed by atoms with Crippen molar-refractivity contribution in [3.63, 3.8) is 0 Å². The summed E-state index contributed by atoms with van der Waals surface area (Å²) in [4.78, 5) is 2.20. The number of nitrogens with zero attached hydrogens (tertiary/aromatic N) is 5. The fourth-order valence-electron chi connectivity index (χ4n) is 8.01. The van der Waals surface area contributed by atoms with Crippen LogP contribution in [0.4, 0.5) is 5.69 Å². The molecule has 0 amide bonds. The monoisotopic (exact) mass is 517 g/mol. The Balaban J connectivity index is 1.39. The molecule has 4 aromatic rings. The molecule has 4 aliphatic rings. The molecule has 2 bridgehead atoms. The third-order valence-electron chi connectivity index (χ3n) is 9.65. The number of aromatic nitrogens is 4. The highest BCUT2D eigenvalue weighted by Crippen LogP contribution is 2.66. The van der Waals surface area contributed by atoms with E-state index in [1.807, 2.05) is 28.8 Å². The van der Waals surface area contributed by atoms with Gasteiger partial charge < -0.3 is 4.90 Å². The van der Waals surface area contributed by atoms with Crippen molar-refractivity contribution in [3.8, 4) is 0 Å². The van der Waals surface area contributed by atoms with Gasteiger partial charge in [-0.05, 0) is 85.4 Å². The Bertz CT molecular complexity index is 1620. The Morgan fingerprint density at radius 2 is 1.68 bits per heavy atom. The number of hydrogen-bond donors (Lipinski definition) is 2. The van der Waals surface area contributed by atoms with Crippen LogP contribution in [-0.2, 0) is 10.2 Å². The second kappa shape index (κ2) is 7.78. The molecule has 2 N–H and O–H groups in total. The van der Waals surface area contributed by atoms with Gasteiger partial charge >= 0.3 is 10.2 Å². The minimum absolute atomic E-state index is 0.235. The molecule has 5 atom stereocenters. The van der Waals surface area contributed by atoms with Crippen LogP contribution in [0.25, 0.3) is 21.8 Å². The molecule has 0 radical (unpaired) electrons. The lowest BCUT2D eigenvalue weighted by atomic mass is 9.67. The molecule has 2 aromatic carbocycles. The molecule has 4 heterocycles. The van der Waals surface area contributed by atoms with E-state index in [-0.39, 0.29) is 12.0 Å². The van der Waals surface area contributed by atoms with Crippen LogP contribution in [0.5, 0.6) is 0 Å². The molecule has 9 nitrogen and oxygen atoms in total. The van der Waals surface area contributed by atoms with Crippen LogP contribution in [-0.4, -0.2) is 71.2 Å². The third-order valence-corrected chi connectivity index (χ3v) is 11.6. The van der Waals surface area contributed by atoms with Gasteiger partial charge in [-0.2, -0.15) is 22.9 Å². The average molecular weight is 518 g/mol. The maximum atomic E-state index is 14.7. The number of likely N-dealkylation sites (N-methyl/N-ethyl adjacent to an activating group) is 1. The molecule has 1 saturated heterocycles. The van der Waals surface area contributed by atoms with Gasteiger partial charge in [0.25, 0.3) is 0 Å². The van der Waals surface area contributed by atoms with Gasteiger partial charge in [-0.25, -0.2) is 4.31 Å². The molecule has 37 heavy (non-hydrogen) atoms. The Morgan fingerprint density at radius 1 is 0.919 bits per heavy atom. The fourth-order valence-corrected chi connectivity index (χ4v) is 9.84. The largest absolute Gasteiger partial charge is 0.304 e. The predicted octanol–water partition coefficient (Wildman–Crippen LogP) is 3.62. The second-order valence-corrected chi connectivity index (χ2v) is 13.2. The van der Waals surface area contributed by atoms with Gasteiger partial charge in [-0.15, -0.1) is 0 Å². The van der Waals surface area contributed by atoms with E-state index in [4.69, 9.17) is 0 Å². The van der Waals surface area contributed by atoms with Crippen molar-refractivity contribution in [2.24, 2.45) is 17.8 Å². The Hall–Kier alpha value is -2.95. The highest BCUT2D eigenvalue weighted by atomic mass is 32.2. The zero-order valence-corrected chi connectivity index (χ0v) is 21.7. The standard InChI is InChI=1S/C27H31N7O2S/c1-32-8-10-33(11-9-32)37(35,36)34-23-7-6-22-20(15-29-31-22)26(23)24-16-2-3-17(12-16)25(24)27(34)18-4-5-21-19(13-18)14-28-30-21/h4-7,13-17,24-25,27H,2-3,8-12H2,1H3,(H,28,30)(H,29,31)/t16?,17?,24-,25+,27-/m0/s1. The lowest BCUT2D eigenvalue weighted by molar-refractivity contribution is 0.213. The number of nitrogens with one attached hydrogen (secondary N) is 2. The zero-order valence-electron chi connectivity index (χ0n) is 20.8. The first-order chi connectivity index (χ1) is 18.0. The summed E-state index contributed by atoms with van der Waals surface area (Å²) in [7, 11) is -1.73. The van der Waals surface area contributed by atoms with Crippen molar-refractivity contribution in [1.29, 1.82) is 0 Å². The second-order valence-electron chi connectivity index (χ2n) is 11.4. The van der Waals surface area contributed by atoms with E-state index in [1.54, 1.807) is 4.31 Å². The maximum Gasteiger partial charge on any atom is 0.304 e. The Kier molecular flexibility index (Phi) is 4.64. The average Bonchev–Trinajstić information content (AvgIpc) is 3.71. The molecule has 0 spiro atoms. The van der Waals surface area contributed by atoms with Crippen LogP contribution < -0.4 is 4.31 Å². The number of aromatic amines is 2. The van der Waals surface area contributed by atoms with Crippen LogP contribution >= 0.6 is 0 Å². The molecule has 10 heteroatoms. The van der Waals surface area contributed by atoms with Crippen molar-refractivity contribution < 1.29 is 8.42 Å². The van der Waals surface area contributed by atoms with Crippen LogP contribution in [0, 0.1) is 17.8 Å². The normalized spacial score (nSPS) is 30.3. The lowest BCUT2D eigenvalue weighted by Crippen LogP contribution is -2.55. The van der Waals surface area contributed by atoms with Crippen LogP contribution in [0.15, 0.2) is 42.7 Å². The van der Waals surface area contributed by atoms with Crippen molar-refractivity contribution in [2.75, 3.05) is 37.5 Å². The first-order valence-corrected chi connectivity index (χ1v) is 14.8. The number of fused-ring (bicyclic) bond motifs is 10. The molecule has 2 aliphatic heterocycles. The van der Waals surface area contributed by atoms with Gasteiger partial charge in [0.15, 0.2) is 0 Å². The minimum atomic E-state index is -3.78. The van der Waals surface area contributed by atoms with Crippen molar-refractivity contribution in [3.05, 3.63) is 53.9 Å². The zero-order chi connectivity index (χ0) is 24.9. The molecule has 8 rings (SSSR count). The van der Waals surface area contributed by atoms with Crippen molar-refractivity contribution >= 4 is 37.7 Å². The summed E-state index contributed by atoms with van der Waals surface area (Å²) in [6.07, 6.45) is 7.31. The van der Waals surface area contributed by atoms with E-state index >= 15 is 0 Å². The van der Waals surface area contributed by atoms with Gasteiger partial charge in [0.05, 0.1) is 35.2 Å². The predicted molar refractivity (Wildman–Crippen MR) is 142 cm³/mol. The van der Waals surface area contributed by atoms with Gasteiger partial charge in [0, 0.05) is 37.0 Å². The summed E-state index contributed by atoms with van der Waals surface area (Å²) in [5.41, 5.74) is 5.03. The Morgan fingerprint density at radius 3 is 2.54 bits per heavy atom. The first-order valence-electron chi connectivity index (χ1n) is 13.4. The molecule has 2 unspecified atom stereocenters.